The largest absolute Gasteiger partial charge is 0.457 e. The van der Waals surface area contributed by atoms with Crippen LogP contribution in [0.5, 0.6) is 11.5 Å². The van der Waals surface area contributed by atoms with E-state index in [9.17, 15) is 0 Å². The number of halogens is 1. The molecule has 1 nitrogen and oxygen atoms in total. The first-order chi connectivity index (χ1) is 9.17. The van der Waals surface area contributed by atoms with E-state index in [1.54, 1.807) is 0 Å². The molecule has 0 aliphatic rings. The summed E-state index contributed by atoms with van der Waals surface area (Å²) in [5.41, 5.74) is 3.49. The summed E-state index contributed by atoms with van der Waals surface area (Å²) in [4.78, 5) is 0. The van der Waals surface area contributed by atoms with Crippen molar-refractivity contribution in [2.45, 2.75) is 19.2 Å². The summed E-state index contributed by atoms with van der Waals surface area (Å²) in [6.07, 6.45) is 0.907. The number of benzene rings is 2. The van der Waals surface area contributed by atoms with Gasteiger partial charge in [-0.05, 0) is 48.7 Å². The van der Waals surface area contributed by atoms with Crippen molar-refractivity contribution in [1.82, 2.24) is 0 Å². The predicted octanol–water partition coefficient (Wildman–Crippen LogP) is 5.34. The molecule has 19 heavy (non-hydrogen) atoms. The van der Waals surface area contributed by atoms with Crippen LogP contribution in [-0.2, 0) is 12.3 Å². The highest BCUT2D eigenvalue weighted by Gasteiger charge is 1.99. The molecule has 0 bridgehead atoms. The molecule has 0 radical (unpaired) electrons. The maximum atomic E-state index is 5.77. The second-order valence-electron chi connectivity index (χ2n) is 4.66. The van der Waals surface area contributed by atoms with Crippen LogP contribution >= 0.6 is 11.6 Å². The lowest BCUT2D eigenvalue weighted by Gasteiger charge is -2.07. The van der Waals surface area contributed by atoms with Crippen LogP contribution in [-0.4, -0.2) is 0 Å². The zero-order valence-corrected chi connectivity index (χ0v) is 11.8. The maximum absolute atomic E-state index is 5.77. The number of alkyl halides is 1. The van der Waals surface area contributed by atoms with Gasteiger partial charge in [0.05, 0.1) is 0 Å². The average Bonchev–Trinajstić information content (AvgIpc) is 2.41. The quantitative estimate of drug-likeness (QED) is 0.527. The van der Waals surface area contributed by atoms with Crippen molar-refractivity contribution < 1.29 is 4.74 Å². The second-order valence-corrected chi connectivity index (χ2v) is 4.92. The van der Waals surface area contributed by atoms with E-state index in [0.717, 1.165) is 29.1 Å². The van der Waals surface area contributed by atoms with Gasteiger partial charge in [0.25, 0.3) is 0 Å². The Hall–Kier alpha value is -1.73. The van der Waals surface area contributed by atoms with Crippen molar-refractivity contribution in [3.05, 3.63) is 71.8 Å². The highest BCUT2D eigenvalue weighted by molar-refractivity contribution is 6.17. The van der Waals surface area contributed by atoms with Crippen molar-refractivity contribution >= 4 is 11.6 Å². The van der Waals surface area contributed by atoms with Crippen molar-refractivity contribution in [1.29, 1.82) is 0 Å². The minimum atomic E-state index is 0.524. The molecule has 0 amide bonds. The summed E-state index contributed by atoms with van der Waals surface area (Å²) in [7, 11) is 0. The van der Waals surface area contributed by atoms with Gasteiger partial charge in [0.15, 0.2) is 0 Å². The number of hydrogen-bond donors (Lipinski definition) is 0. The highest BCUT2D eigenvalue weighted by atomic mass is 35.5. The summed E-state index contributed by atoms with van der Waals surface area (Å²) in [6.45, 7) is 5.95. The molecule has 0 spiro atoms. The smallest absolute Gasteiger partial charge is 0.127 e. The summed E-state index contributed by atoms with van der Waals surface area (Å²) in [6, 6.07) is 15.9. The molecule has 0 heterocycles. The number of allylic oxidation sites excluding steroid dienone is 1. The van der Waals surface area contributed by atoms with Crippen LogP contribution in [0, 0.1) is 0 Å². The highest BCUT2D eigenvalue weighted by Crippen LogP contribution is 2.23. The molecule has 0 aromatic heterocycles. The van der Waals surface area contributed by atoms with E-state index in [4.69, 9.17) is 16.3 Å². The van der Waals surface area contributed by atoms with Gasteiger partial charge in [-0.1, -0.05) is 36.4 Å². The molecule has 0 N–H and O–H groups in total. The van der Waals surface area contributed by atoms with Gasteiger partial charge in [0.2, 0.25) is 0 Å². The van der Waals surface area contributed by atoms with Crippen LogP contribution in [0.4, 0.5) is 0 Å². The Morgan fingerprint density at radius 1 is 0.947 bits per heavy atom. The van der Waals surface area contributed by atoms with Gasteiger partial charge in [-0.3, -0.25) is 0 Å². The Bertz CT molecular complexity index is 540. The normalized spacial score (nSPS) is 10.2. The molecular formula is C17H17ClO. The maximum Gasteiger partial charge on any atom is 0.127 e. The lowest BCUT2D eigenvalue weighted by atomic mass is 10.1. The topological polar surface area (TPSA) is 9.23 Å². The Balaban J connectivity index is 2.04. The molecule has 2 aromatic rings. The van der Waals surface area contributed by atoms with Gasteiger partial charge >= 0.3 is 0 Å². The molecule has 98 valence electrons. The van der Waals surface area contributed by atoms with Gasteiger partial charge in [0, 0.05) is 5.88 Å². The monoisotopic (exact) mass is 272 g/mol. The first-order valence-corrected chi connectivity index (χ1v) is 6.77. The van der Waals surface area contributed by atoms with Crippen LogP contribution in [0.1, 0.15) is 18.1 Å². The Labute approximate surface area is 119 Å². The summed E-state index contributed by atoms with van der Waals surface area (Å²) < 4.78 is 5.77. The third kappa shape index (κ3) is 4.15. The van der Waals surface area contributed by atoms with E-state index in [0.29, 0.717) is 5.88 Å². The second kappa shape index (κ2) is 6.44. The lowest BCUT2D eigenvalue weighted by molar-refractivity contribution is 0.482. The molecule has 0 fully saturated rings. The molecule has 2 heteroatoms. The Morgan fingerprint density at radius 2 is 1.42 bits per heavy atom. The Morgan fingerprint density at radius 3 is 1.84 bits per heavy atom. The van der Waals surface area contributed by atoms with Gasteiger partial charge in [0.1, 0.15) is 11.5 Å². The van der Waals surface area contributed by atoms with E-state index in [-0.39, 0.29) is 0 Å². The summed E-state index contributed by atoms with van der Waals surface area (Å²) >= 11 is 5.75. The SMILES string of the molecule is C=C(C)Cc1ccc(Oc2ccc(CCl)cc2)cc1. The zero-order valence-electron chi connectivity index (χ0n) is 11.0. The molecule has 0 saturated carbocycles. The summed E-state index contributed by atoms with van der Waals surface area (Å²) in [5, 5.41) is 0. The third-order valence-corrected chi connectivity index (χ3v) is 3.05. The van der Waals surface area contributed by atoms with Crippen molar-refractivity contribution in [3.8, 4) is 11.5 Å². The van der Waals surface area contributed by atoms with Crippen LogP contribution in [0.2, 0.25) is 0 Å². The van der Waals surface area contributed by atoms with Crippen LogP contribution in [0.25, 0.3) is 0 Å². The molecular weight excluding hydrogens is 256 g/mol. The molecule has 0 aliphatic carbocycles. The van der Waals surface area contributed by atoms with E-state index < -0.39 is 0 Å². The van der Waals surface area contributed by atoms with Crippen molar-refractivity contribution in [2.24, 2.45) is 0 Å². The fourth-order valence-corrected chi connectivity index (χ4v) is 1.98. The fourth-order valence-electron chi connectivity index (χ4n) is 1.81. The van der Waals surface area contributed by atoms with E-state index >= 15 is 0 Å². The molecule has 2 rings (SSSR count). The van der Waals surface area contributed by atoms with E-state index in [1.165, 1.54) is 5.56 Å². The van der Waals surface area contributed by atoms with Crippen molar-refractivity contribution in [2.75, 3.05) is 0 Å². The number of hydrogen-bond acceptors (Lipinski definition) is 1. The lowest BCUT2D eigenvalue weighted by Crippen LogP contribution is -1.88. The van der Waals surface area contributed by atoms with Gasteiger partial charge in [-0.15, -0.1) is 11.6 Å². The predicted molar refractivity (Wildman–Crippen MR) is 81.0 cm³/mol. The third-order valence-electron chi connectivity index (χ3n) is 2.74. The minimum Gasteiger partial charge on any atom is -0.457 e. The molecule has 0 saturated heterocycles. The zero-order chi connectivity index (χ0) is 13.7. The summed E-state index contributed by atoms with van der Waals surface area (Å²) in [5.74, 6) is 2.18. The molecule has 0 aliphatic heterocycles. The molecule has 0 atom stereocenters. The average molecular weight is 273 g/mol. The Kier molecular flexibility index (Phi) is 4.64. The van der Waals surface area contributed by atoms with Crippen LogP contribution in [0.3, 0.4) is 0 Å². The minimum absolute atomic E-state index is 0.524. The van der Waals surface area contributed by atoms with Gasteiger partial charge < -0.3 is 4.74 Å². The van der Waals surface area contributed by atoms with Gasteiger partial charge in [-0.2, -0.15) is 0 Å². The first kappa shape index (κ1) is 13.7. The molecule has 0 unspecified atom stereocenters. The number of ether oxygens (including phenoxy) is 1. The van der Waals surface area contributed by atoms with E-state index in [2.05, 4.69) is 18.7 Å². The number of rotatable bonds is 5. The van der Waals surface area contributed by atoms with Crippen LogP contribution in [0.15, 0.2) is 60.7 Å². The van der Waals surface area contributed by atoms with Crippen molar-refractivity contribution in [3.63, 3.8) is 0 Å². The van der Waals surface area contributed by atoms with E-state index in [1.807, 2.05) is 43.3 Å². The first-order valence-electron chi connectivity index (χ1n) is 6.23. The van der Waals surface area contributed by atoms with Crippen LogP contribution < -0.4 is 4.74 Å². The molecule has 2 aromatic carbocycles. The fraction of sp³-hybridized carbons (Fsp3) is 0.176. The standard InChI is InChI=1S/C17H17ClO/c1-13(2)11-14-3-7-16(8-4-14)19-17-9-5-15(12-18)6-10-17/h3-10H,1,11-12H2,2H3. The van der Waals surface area contributed by atoms with Gasteiger partial charge in [-0.25, -0.2) is 0 Å².